The molecule has 3 aromatic carbocycles. The molecule has 0 atom stereocenters. The molecule has 0 N–H and O–H groups in total. The second kappa shape index (κ2) is 9.88. The average molecular weight is 489 g/mol. The van der Waals surface area contributed by atoms with Crippen molar-refractivity contribution in [1.29, 1.82) is 0 Å². The molecule has 2 heterocycles. The minimum Gasteiger partial charge on any atom is -0.369 e. The van der Waals surface area contributed by atoms with E-state index in [9.17, 15) is 0 Å². The third-order valence-corrected chi connectivity index (χ3v) is 6.84. The number of rotatable bonds is 7. The number of unbranched alkanes of at least 4 members (excludes halogenated alkanes) is 1. The number of aryl methyl sites for hydroxylation is 1. The van der Waals surface area contributed by atoms with Gasteiger partial charge in [0, 0.05) is 53.8 Å². The number of aromatic nitrogens is 2. The fourth-order valence-corrected chi connectivity index (χ4v) is 4.96. The van der Waals surface area contributed by atoms with Gasteiger partial charge in [0.1, 0.15) is 5.69 Å². The molecule has 4 aromatic rings. The van der Waals surface area contributed by atoms with E-state index in [2.05, 4.69) is 109 Å². The molecule has 5 rings (SSSR count). The maximum Gasteiger partial charge on any atom is 0.100 e. The van der Waals surface area contributed by atoms with E-state index >= 15 is 0 Å². The predicted octanol–water partition coefficient (Wildman–Crippen LogP) is 6.07. The summed E-state index contributed by atoms with van der Waals surface area (Å²) >= 11 is 3.63. The number of halogens is 1. The molecule has 1 aliphatic heterocycles. The molecular formula is C27H29BrN4. The number of piperazine rings is 1. The Kier molecular flexibility index (Phi) is 6.56. The van der Waals surface area contributed by atoms with Crippen LogP contribution in [0.1, 0.15) is 12.8 Å². The third-order valence-electron chi connectivity index (χ3n) is 6.35. The van der Waals surface area contributed by atoms with E-state index in [1.54, 1.807) is 0 Å². The highest BCUT2D eigenvalue weighted by Crippen LogP contribution is 2.30. The summed E-state index contributed by atoms with van der Waals surface area (Å²) in [5.74, 6) is 0. The highest BCUT2D eigenvalue weighted by molar-refractivity contribution is 9.10. The molecule has 1 saturated heterocycles. The van der Waals surface area contributed by atoms with Gasteiger partial charge in [-0.2, -0.15) is 5.10 Å². The minimum absolute atomic E-state index is 0.953. The average Bonchev–Trinajstić information content (AvgIpc) is 3.21. The minimum atomic E-state index is 0.953. The zero-order valence-electron chi connectivity index (χ0n) is 18.3. The van der Waals surface area contributed by atoms with E-state index in [1.165, 1.54) is 35.1 Å². The lowest BCUT2D eigenvalue weighted by Crippen LogP contribution is -2.46. The van der Waals surface area contributed by atoms with Crippen molar-refractivity contribution in [3.8, 4) is 11.3 Å². The molecule has 1 fully saturated rings. The Hall–Kier alpha value is -2.63. The van der Waals surface area contributed by atoms with E-state index in [4.69, 9.17) is 5.10 Å². The molecule has 164 valence electrons. The Balaban J connectivity index is 1.18. The van der Waals surface area contributed by atoms with Crippen LogP contribution < -0.4 is 4.90 Å². The highest BCUT2D eigenvalue weighted by atomic mass is 79.9. The van der Waals surface area contributed by atoms with Crippen molar-refractivity contribution in [2.75, 3.05) is 37.6 Å². The lowest BCUT2D eigenvalue weighted by atomic mass is 10.1. The lowest BCUT2D eigenvalue weighted by molar-refractivity contribution is 0.251. The molecule has 0 amide bonds. The summed E-state index contributed by atoms with van der Waals surface area (Å²) < 4.78 is 3.29. The molecule has 4 nitrogen and oxygen atoms in total. The molecule has 1 aromatic heterocycles. The molecule has 5 heteroatoms. The smallest absolute Gasteiger partial charge is 0.100 e. The maximum atomic E-state index is 5.00. The van der Waals surface area contributed by atoms with Crippen LogP contribution in [0.4, 0.5) is 5.69 Å². The molecule has 32 heavy (non-hydrogen) atoms. The van der Waals surface area contributed by atoms with Gasteiger partial charge in [-0.25, -0.2) is 0 Å². The molecule has 0 aliphatic carbocycles. The number of hydrogen-bond acceptors (Lipinski definition) is 3. The number of anilines is 1. The first-order chi connectivity index (χ1) is 15.8. The van der Waals surface area contributed by atoms with Gasteiger partial charge in [-0.1, -0.05) is 64.5 Å². The standard InChI is InChI=1S/C27H29BrN4/c28-23-13-14-26-25(21-23)27(22-9-3-1-4-10-22)29-32(26)16-8-7-15-30-17-19-31(20-18-30)24-11-5-2-6-12-24/h1-6,9-14,21H,7-8,15-20H2. The summed E-state index contributed by atoms with van der Waals surface area (Å²) in [6.07, 6.45) is 2.34. The fraction of sp³-hybridized carbons (Fsp3) is 0.296. The van der Waals surface area contributed by atoms with Crippen LogP contribution in [0.5, 0.6) is 0 Å². The van der Waals surface area contributed by atoms with Crippen molar-refractivity contribution >= 4 is 32.5 Å². The molecule has 1 aliphatic rings. The van der Waals surface area contributed by atoms with Crippen LogP contribution in [-0.4, -0.2) is 47.4 Å². The van der Waals surface area contributed by atoms with Gasteiger partial charge in [-0.15, -0.1) is 0 Å². The van der Waals surface area contributed by atoms with Crippen molar-refractivity contribution in [3.05, 3.63) is 83.3 Å². The number of fused-ring (bicyclic) bond motifs is 1. The molecule has 0 saturated carbocycles. The largest absolute Gasteiger partial charge is 0.369 e. The molecular weight excluding hydrogens is 460 g/mol. The van der Waals surface area contributed by atoms with Gasteiger partial charge in [-0.05, 0) is 49.7 Å². The van der Waals surface area contributed by atoms with E-state index in [0.29, 0.717) is 0 Å². The second-order valence-corrected chi connectivity index (χ2v) is 9.39. The van der Waals surface area contributed by atoms with Crippen LogP contribution in [0.25, 0.3) is 22.2 Å². The van der Waals surface area contributed by atoms with E-state index < -0.39 is 0 Å². The van der Waals surface area contributed by atoms with Crippen molar-refractivity contribution in [2.45, 2.75) is 19.4 Å². The van der Waals surface area contributed by atoms with Gasteiger partial charge < -0.3 is 4.90 Å². The SMILES string of the molecule is Brc1ccc2c(c1)c(-c1ccccc1)nn2CCCCN1CCN(c2ccccc2)CC1. The van der Waals surface area contributed by atoms with Crippen molar-refractivity contribution in [3.63, 3.8) is 0 Å². The maximum absolute atomic E-state index is 5.00. The van der Waals surface area contributed by atoms with Crippen LogP contribution in [-0.2, 0) is 6.54 Å². The predicted molar refractivity (Wildman–Crippen MR) is 137 cm³/mol. The van der Waals surface area contributed by atoms with Crippen LogP contribution in [0.15, 0.2) is 83.3 Å². The van der Waals surface area contributed by atoms with Crippen LogP contribution in [0, 0.1) is 0 Å². The highest BCUT2D eigenvalue weighted by Gasteiger charge is 2.17. The molecule has 0 spiro atoms. The lowest BCUT2D eigenvalue weighted by Gasteiger charge is -2.36. The van der Waals surface area contributed by atoms with Gasteiger partial charge in [0.25, 0.3) is 0 Å². The fourth-order valence-electron chi connectivity index (χ4n) is 4.60. The Morgan fingerprint density at radius 1 is 0.750 bits per heavy atom. The zero-order valence-corrected chi connectivity index (χ0v) is 19.9. The summed E-state index contributed by atoms with van der Waals surface area (Å²) in [6.45, 7) is 6.64. The first-order valence-electron chi connectivity index (χ1n) is 11.5. The third kappa shape index (κ3) is 4.74. The van der Waals surface area contributed by atoms with E-state index in [0.717, 1.165) is 49.3 Å². The van der Waals surface area contributed by atoms with Gasteiger partial charge in [0.2, 0.25) is 0 Å². The molecule has 0 unspecified atom stereocenters. The number of hydrogen-bond donors (Lipinski definition) is 0. The van der Waals surface area contributed by atoms with Crippen molar-refractivity contribution < 1.29 is 0 Å². The Labute approximate surface area is 198 Å². The van der Waals surface area contributed by atoms with Crippen molar-refractivity contribution in [1.82, 2.24) is 14.7 Å². The topological polar surface area (TPSA) is 24.3 Å². The molecule has 0 radical (unpaired) electrons. The van der Waals surface area contributed by atoms with Gasteiger partial charge in [-0.3, -0.25) is 9.58 Å². The molecule has 0 bridgehead atoms. The second-order valence-electron chi connectivity index (χ2n) is 8.47. The van der Waals surface area contributed by atoms with Crippen LogP contribution in [0.2, 0.25) is 0 Å². The summed E-state index contributed by atoms with van der Waals surface area (Å²) in [4.78, 5) is 5.10. The summed E-state index contributed by atoms with van der Waals surface area (Å²) in [6, 6.07) is 27.7. The number of benzene rings is 3. The Morgan fingerprint density at radius 3 is 2.19 bits per heavy atom. The first-order valence-corrected chi connectivity index (χ1v) is 12.3. The van der Waals surface area contributed by atoms with Crippen LogP contribution in [0.3, 0.4) is 0 Å². The van der Waals surface area contributed by atoms with E-state index in [-0.39, 0.29) is 0 Å². The van der Waals surface area contributed by atoms with Crippen molar-refractivity contribution in [2.24, 2.45) is 0 Å². The number of nitrogens with zero attached hydrogens (tertiary/aromatic N) is 4. The summed E-state index contributed by atoms with van der Waals surface area (Å²) in [5, 5.41) is 6.21. The number of para-hydroxylation sites is 1. The first kappa shape index (κ1) is 21.2. The van der Waals surface area contributed by atoms with Gasteiger partial charge in [0.15, 0.2) is 0 Å². The summed E-state index contributed by atoms with van der Waals surface area (Å²) in [5.41, 5.74) is 4.80. The van der Waals surface area contributed by atoms with E-state index in [1.807, 2.05) is 0 Å². The quantitative estimate of drug-likeness (QED) is 0.295. The monoisotopic (exact) mass is 488 g/mol. The zero-order chi connectivity index (χ0) is 21.8. The Bertz CT molecular complexity index is 1150. The van der Waals surface area contributed by atoms with Gasteiger partial charge >= 0.3 is 0 Å². The summed E-state index contributed by atoms with van der Waals surface area (Å²) in [7, 11) is 0. The Morgan fingerprint density at radius 2 is 1.44 bits per heavy atom. The van der Waals surface area contributed by atoms with Crippen LogP contribution >= 0.6 is 15.9 Å². The normalized spacial score (nSPS) is 14.8. The van der Waals surface area contributed by atoms with Gasteiger partial charge in [0.05, 0.1) is 5.52 Å².